The summed E-state index contributed by atoms with van der Waals surface area (Å²) in [5.41, 5.74) is 1.86. The highest BCUT2D eigenvalue weighted by molar-refractivity contribution is 7.91. The Labute approximate surface area is 185 Å². The van der Waals surface area contributed by atoms with E-state index in [4.69, 9.17) is 16.3 Å². The first kappa shape index (κ1) is 21.2. The first-order valence-electron chi connectivity index (χ1n) is 9.57. The number of benzene rings is 3. The van der Waals surface area contributed by atoms with Crippen LogP contribution in [0.1, 0.15) is 11.1 Å². The zero-order valence-corrected chi connectivity index (χ0v) is 18.6. The molecule has 4 aromatic rings. The number of rotatable bonds is 5. The largest absolute Gasteiger partial charge is 0.497 e. The fraction of sp³-hybridized carbons (Fsp3) is 0.125. The lowest BCUT2D eigenvalue weighted by atomic mass is 10.1. The van der Waals surface area contributed by atoms with Crippen molar-refractivity contribution in [1.82, 2.24) is 4.57 Å². The third kappa shape index (κ3) is 4.09. The van der Waals surface area contributed by atoms with Crippen molar-refractivity contribution >= 4 is 32.3 Å². The smallest absolute Gasteiger partial charge is 0.211 e. The molecule has 0 saturated carbocycles. The zero-order chi connectivity index (χ0) is 22.2. The van der Waals surface area contributed by atoms with Crippen LogP contribution < -0.4 is 10.2 Å². The maximum Gasteiger partial charge on any atom is 0.211 e. The average molecular weight is 454 g/mol. The van der Waals surface area contributed by atoms with Gasteiger partial charge in [0.2, 0.25) is 15.3 Å². The van der Waals surface area contributed by atoms with Gasteiger partial charge in [-0.15, -0.1) is 0 Å². The second kappa shape index (κ2) is 8.21. The van der Waals surface area contributed by atoms with E-state index in [1.165, 1.54) is 25.4 Å². The first-order chi connectivity index (χ1) is 14.8. The highest BCUT2D eigenvalue weighted by atomic mass is 35.5. The van der Waals surface area contributed by atoms with Gasteiger partial charge >= 0.3 is 0 Å². The van der Waals surface area contributed by atoms with Gasteiger partial charge in [-0.1, -0.05) is 41.4 Å². The minimum absolute atomic E-state index is 0.0757. The third-order valence-corrected chi connectivity index (χ3v) is 7.12. The summed E-state index contributed by atoms with van der Waals surface area (Å²) in [6.45, 7) is 2.22. The molecule has 0 saturated heterocycles. The van der Waals surface area contributed by atoms with Crippen molar-refractivity contribution in [2.75, 3.05) is 7.11 Å². The molecule has 3 aromatic carbocycles. The number of sulfone groups is 1. The van der Waals surface area contributed by atoms with Crippen LogP contribution in [0, 0.1) is 6.92 Å². The molecule has 0 spiro atoms. The van der Waals surface area contributed by atoms with Gasteiger partial charge in [-0.3, -0.25) is 4.79 Å². The van der Waals surface area contributed by atoms with Gasteiger partial charge in [0.05, 0.1) is 22.9 Å². The Morgan fingerprint density at radius 3 is 2.42 bits per heavy atom. The topological polar surface area (TPSA) is 65.4 Å². The third-order valence-electron chi connectivity index (χ3n) is 5.12. The van der Waals surface area contributed by atoms with Gasteiger partial charge in [0, 0.05) is 17.8 Å². The second-order valence-corrected chi connectivity index (χ2v) is 9.63. The monoisotopic (exact) mass is 453 g/mol. The molecule has 0 amide bonds. The molecular weight excluding hydrogens is 434 g/mol. The van der Waals surface area contributed by atoms with Crippen LogP contribution in [0.15, 0.2) is 87.5 Å². The molecule has 0 aliphatic carbocycles. The van der Waals surface area contributed by atoms with Gasteiger partial charge < -0.3 is 9.30 Å². The van der Waals surface area contributed by atoms with Crippen molar-refractivity contribution < 1.29 is 13.2 Å². The summed E-state index contributed by atoms with van der Waals surface area (Å²) < 4.78 is 33.7. The Bertz CT molecular complexity index is 1440. The van der Waals surface area contributed by atoms with Gasteiger partial charge in [-0.2, -0.15) is 0 Å². The van der Waals surface area contributed by atoms with E-state index in [2.05, 4.69) is 0 Å². The quantitative estimate of drug-likeness (QED) is 0.433. The lowest BCUT2D eigenvalue weighted by Gasteiger charge is -2.15. The summed E-state index contributed by atoms with van der Waals surface area (Å²) in [6.07, 6.45) is 1.41. The molecule has 1 aromatic heterocycles. The van der Waals surface area contributed by atoms with E-state index >= 15 is 0 Å². The van der Waals surface area contributed by atoms with Gasteiger partial charge in [0.25, 0.3) is 0 Å². The number of methoxy groups -OCH3 is 1. The standard InChI is InChI=1S/C24H20ClNO4S/c1-16-6-9-20(10-7-16)31(28,29)23-15-26(14-17-4-3-5-18(25)12-17)22-11-8-19(30-2)13-21(22)24(23)27/h3-13,15H,14H2,1-2H3. The van der Waals surface area contributed by atoms with E-state index in [9.17, 15) is 13.2 Å². The van der Waals surface area contributed by atoms with Gasteiger partial charge in [-0.25, -0.2) is 8.42 Å². The number of fused-ring (bicyclic) bond motifs is 1. The Morgan fingerprint density at radius 1 is 1.00 bits per heavy atom. The number of nitrogens with zero attached hydrogens (tertiary/aromatic N) is 1. The highest BCUT2D eigenvalue weighted by Gasteiger charge is 2.24. The van der Waals surface area contributed by atoms with Crippen LogP contribution in [-0.4, -0.2) is 20.1 Å². The average Bonchev–Trinajstić information content (AvgIpc) is 2.75. The summed E-state index contributed by atoms with van der Waals surface area (Å²) >= 11 is 6.12. The number of ether oxygens (including phenoxy) is 1. The molecule has 0 fully saturated rings. The molecule has 7 heteroatoms. The molecule has 5 nitrogen and oxygen atoms in total. The molecule has 0 N–H and O–H groups in total. The SMILES string of the molecule is COc1ccc2c(c1)c(=O)c(S(=O)(=O)c1ccc(C)cc1)cn2Cc1cccc(Cl)c1. The number of aryl methyl sites for hydroxylation is 1. The molecule has 0 aliphatic heterocycles. The predicted octanol–water partition coefficient (Wildman–Crippen LogP) is 4.85. The molecule has 4 rings (SSSR count). The molecule has 0 aliphatic rings. The van der Waals surface area contributed by atoms with Crippen molar-refractivity contribution in [1.29, 1.82) is 0 Å². The van der Waals surface area contributed by atoms with Crippen molar-refractivity contribution in [2.24, 2.45) is 0 Å². The van der Waals surface area contributed by atoms with E-state index in [1.54, 1.807) is 41.0 Å². The van der Waals surface area contributed by atoms with Crippen LogP contribution in [0.2, 0.25) is 5.02 Å². The van der Waals surface area contributed by atoms with E-state index in [-0.39, 0.29) is 15.2 Å². The van der Waals surface area contributed by atoms with Crippen LogP contribution in [0.3, 0.4) is 0 Å². The Hall–Kier alpha value is -3.09. The normalized spacial score (nSPS) is 11.6. The van der Waals surface area contributed by atoms with Crippen molar-refractivity contribution in [2.45, 2.75) is 23.3 Å². The fourth-order valence-electron chi connectivity index (χ4n) is 3.48. The molecular formula is C24H20ClNO4S. The number of hydrogen-bond donors (Lipinski definition) is 0. The Kier molecular flexibility index (Phi) is 5.60. The minimum Gasteiger partial charge on any atom is -0.497 e. The molecule has 0 unspecified atom stereocenters. The summed E-state index contributed by atoms with van der Waals surface area (Å²) in [5.74, 6) is 0.476. The summed E-state index contributed by atoms with van der Waals surface area (Å²) in [5, 5.41) is 0.853. The van der Waals surface area contributed by atoms with E-state index in [1.807, 2.05) is 25.1 Å². The molecule has 0 bridgehead atoms. The summed E-state index contributed by atoms with van der Waals surface area (Å²) in [6, 6.07) is 18.8. The van der Waals surface area contributed by atoms with Crippen LogP contribution in [0.25, 0.3) is 10.9 Å². The van der Waals surface area contributed by atoms with Crippen LogP contribution >= 0.6 is 11.6 Å². The predicted molar refractivity (Wildman–Crippen MR) is 122 cm³/mol. The van der Waals surface area contributed by atoms with Gasteiger partial charge in [0.15, 0.2) is 0 Å². The van der Waals surface area contributed by atoms with E-state index in [0.29, 0.717) is 22.8 Å². The first-order valence-corrected chi connectivity index (χ1v) is 11.4. The summed E-state index contributed by atoms with van der Waals surface area (Å²) in [4.78, 5) is 13.1. The lowest BCUT2D eigenvalue weighted by molar-refractivity contribution is 0.415. The minimum atomic E-state index is -4.02. The maximum atomic E-state index is 13.4. The zero-order valence-electron chi connectivity index (χ0n) is 17.0. The van der Waals surface area contributed by atoms with E-state index in [0.717, 1.165) is 11.1 Å². The molecule has 1 heterocycles. The molecule has 0 atom stereocenters. The summed E-state index contributed by atoms with van der Waals surface area (Å²) in [7, 11) is -2.52. The molecule has 158 valence electrons. The van der Waals surface area contributed by atoms with Crippen molar-refractivity contribution in [3.8, 4) is 5.75 Å². The number of aromatic nitrogens is 1. The molecule has 0 radical (unpaired) electrons. The van der Waals surface area contributed by atoms with Crippen LogP contribution in [0.5, 0.6) is 5.75 Å². The second-order valence-electron chi connectivity index (χ2n) is 7.28. The van der Waals surface area contributed by atoms with Gasteiger partial charge in [-0.05, 0) is 55.0 Å². The maximum absolute atomic E-state index is 13.4. The van der Waals surface area contributed by atoms with Crippen LogP contribution in [0.4, 0.5) is 0 Å². The Balaban J connectivity index is 1.98. The highest BCUT2D eigenvalue weighted by Crippen LogP contribution is 2.25. The van der Waals surface area contributed by atoms with Gasteiger partial charge in [0.1, 0.15) is 10.6 Å². The fourth-order valence-corrected chi connectivity index (χ4v) is 5.06. The number of hydrogen-bond acceptors (Lipinski definition) is 4. The number of pyridine rings is 1. The lowest BCUT2D eigenvalue weighted by Crippen LogP contribution is -2.19. The van der Waals surface area contributed by atoms with E-state index < -0.39 is 15.3 Å². The van der Waals surface area contributed by atoms with Crippen molar-refractivity contribution in [3.05, 3.63) is 99.3 Å². The Morgan fingerprint density at radius 2 is 1.74 bits per heavy atom. The number of halogens is 1. The molecule has 31 heavy (non-hydrogen) atoms. The van der Waals surface area contributed by atoms with Crippen molar-refractivity contribution in [3.63, 3.8) is 0 Å². The van der Waals surface area contributed by atoms with Crippen LogP contribution in [-0.2, 0) is 16.4 Å².